The van der Waals surface area contributed by atoms with Crippen LogP contribution < -0.4 is 10.6 Å². The van der Waals surface area contributed by atoms with Crippen LogP contribution in [-0.4, -0.2) is 30.5 Å². The number of hydrogen-bond donors (Lipinski definition) is 2. The van der Waals surface area contributed by atoms with Crippen molar-refractivity contribution in [2.24, 2.45) is 15.2 Å². The van der Waals surface area contributed by atoms with Crippen LogP contribution in [0.1, 0.15) is 42.5 Å². The second kappa shape index (κ2) is 7.26. The van der Waals surface area contributed by atoms with Crippen molar-refractivity contribution in [1.29, 1.82) is 0 Å². The van der Waals surface area contributed by atoms with E-state index in [0.29, 0.717) is 24.9 Å². The van der Waals surface area contributed by atoms with Crippen LogP contribution in [0.5, 0.6) is 0 Å². The molecule has 1 amide bonds. The van der Waals surface area contributed by atoms with Crippen LogP contribution in [0.4, 0.5) is 5.69 Å². The molecule has 0 aromatic heterocycles. The Balaban J connectivity index is 1.44. The number of amidine groups is 1. The zero-order chi connectivity index (χ0) is 16.8. The molecule has 6 nitrogen and oxygen atoms in total. The molecule has 2 heterocycles. The molecule has 3 rings (SSSR count). The first-order chi connectivity index (χ1) is 11.7. The largest absolute Gasteiger partial charge is 0.352 e. The molecule has 0 saturated carbocycles. The molecule has 0 bridgehead atoms. The van der Waals surface area contributed by atoms with Crippen molar-refractivity contribution in [1.82, 2.24) is 5.32 Å². The summed E-state index contributed by atoms with van der Waals surface area (Å²) in [4.78, 5) is 16.5. The number of carbonyl (C=O) groups excluding carboxylic acids is 1. The van der Waals surface area contributed by atoms with Crippen molar-refractivity contribution in [3.05, 3.63) is 29.8 Å². The fourth-order valence-electron chi connectivity index (χ4n) is 2.66. The van der Waals surface area contributed by atoms with Crippen LogP contribution in [0.2, 0.25) is 0 Å². The maximum Gasteiger partial charge on any atom is 0.251 e. The van der Waals surface area contributed by atoms with E-state index < -0.39 is 0 Å². The highest BCUT2D eigenvalue weighted by atomic mass is 16.1. The van der Waals surface area contributed by atoms with Gasteiger partial charge in [-0.1, -0.05) is 0 Å². The fourth-order valence-corrected chi connectivity index (χ4v) is 2.66. The lowest BCUT2D eigenvalue weighted by molar-refractivity contribution is 0.0952. The van der Waals surface area contributed by atoms with Gasteiger partial charge in [-0.2, -0.15) is 10.2 Å². The molecule has 124 valence electrons. The van der Waals surface area contributed by atoms with Gasteiger partial charge in [-0.25, -0.2) is 0 Å². The average molecular weight is 323 g/mol. The van der Waals surface area contributed by atoms with E-state index in [0.717, 1.165) is 37.3 Å². The van der Waals surface area contributed by atoms with E-state index in [4.69, 9.17) is 6.42 Å². The Labute approximate surface area is 141 Å². The molecule has 0 radical (unpaired) electrons. The van der Waals surface area contributed by atoms with E-state index >= 15 is 0 Å². The lowest BCUT2D eigenvalue weighted by atomic mass is 10.0. The Morgan fingerprint density at radius 2 is 2.04 bits per heavy atom. The van der Waals surface area contributed by atoms with Crippen LogP contribution in [0.15, 0.2) is 39.5 Å². The third-order valence-corrected chi connectivity index (χ3v) is 4.17. The molecule has 0 aliphatic carbocycles. The van der Waals surface area contributed by atoms with Crippen molar-refractivity contribution in [3.8, 4) is 12.3 Å². The first-order valence-corrected chi connectivity index (χ1v) is 8.27. The minimum Gasteiger partial charge on any atom is -0.352 e. The third-order valence-electron chi connectivity index (χ3n) is 4.17. The average Bonchev–Trinajstić information content (AvgIpc) is 3.18. The normalized spacial score (nSPS) is 17.0. The van der Waals surface area contributed by atoms with Gasteiger partial charge in [0, 0.05) is 50.0 Å². The number of rotatable bonds is 7. The van der Waals surface area contributed by atoms with E-state index in [1.54, 1.807) is 0 Å². The maximum absolute atomic E-state index is 12.2. The van der Waals surface area contributed by atoms with Gasteiger partial charge in [0.25, 0.3) is 5.91 Å². The lowest BCUT2D eigenvalue weighted by Gasteiger charge is -2.10. The number of aliphatic imine (C=N–C) groups is 1. The van der Waals surface area contributed by atoms with Crippen LogP contribution >= 0.6 is 0 Å². The highest BCUT2D eigenvalue weighted by molar-refractivity contribution is 5.98. The second-order valence-corrected chi connectivity index (χ2v) is 6.03. The molecular weight excluding hydrogens is 302 g/mol. The first-order valence-electron chi connectivity index (χ1n) is 8.27. The molecule has 2 aliphatic rings. The van der Waals surface area contributed by atoms with E-state index in [1.165, 1.54) is 0 Å². The molecule has 1 aromatic carbocycles. The Kier molecular flexibility index (Phi) is 4.90. The van der Waals surface area contributed by atoms with Crippen molar-refractivity contribution >= 4 is 17.4 Å². The monoisotopic (exact) mass is 323 g/mol. The number of amides is 1. The van der Waals surface area contributed by atoms with E-state index in [1.807, 2.05) is 24.3 Å². The molecule has 6 heteroatoms. The predicted octanol–water partition coefficient (Wildman–Crippen LogP) is 2.99. The Hall–Kier alpha value is -2.68. The SMILES string of the molecule is C#CCCC1(CCNC(=O)c2ccc(NC3=NCCC3)cc2)N=N1. The van der Waals surface area contributed by atoms with E-state index in [-0.39, 0.29) is 11.6 Å². The molecule has 1 aromatic rings. The summed E-state index contributed by atoms with van der Waals surface area (Å²) in [6.07, 6.45) is 9.45. The van der Waals surface area contributed by atoms with Crippen LogP contribution in [-0.2, 0) is 0 Å². The topological polar surface area (TPSA) is 78.2 Å². The van der Waals surface area contributed by atoms with Gasteiger partial charge in [-0.05, 0) is 30.7 Å². The number of nitrogens with one attached hydrogen (secondary N) is 2. The van der Waals surface area contributed by atoms with Gasteiger partial charge >= 0.3 is 0 Å². The van der Waals surface area contributed by atoms with Crippen LogP contribution in [0, 0.1) is 12.3 Å². The Bertz CT molecular complexity index is 693. The quantitative estimate of drug-likeness (QED) is 0.757. The number of anilines is 1. The molecular formula is C18H21N5O. The highest BCUT2D eigenvalue weighted by Gasteiger charge is 2.38. The smallest absolute Gasteiger partial charge is 0.251 e. The number of carbonyl (C=O) groups is 1. The summed E-state index contributed by atoms with van der Waals surface area (Å²) >= 11 is 0. The molecule has 24 heavy (non-hydrogen) atoms. The van der Waals surface area contributed by atoms with E-state index in [2.05, 4.69) is 31.8 Å². The van der Waals surface area contributed by atoms with Crippen molar-refractivity contribution in [3.63, 3.8) is 0 Å². The van der Waals surface area contributed by atoms with Crippen molar-refractivity contribution in [2.75, 3.05) is 18.4 Å². The van der Waals surface area contributed by atoms with Gasteiger partial charge in [-0.3, -0.25) is 9.79 Å². The van der Waals surface area contributed by atoms with Crippen molar-refractivity contribution < 1.29 is 4.79 Å². The summed E-state index contributed by atoms with van der Waals surface area (Å²) in [5.74, 6) is 3.52. The predicted molar refractivity (Wildman–Crippen MR) is 94.2 cm³/mol. The third kappa shape index (κ3) is 4.19. The van der Waals surface area contributed by atoms with Gasteiger partial charge in [0.2, 0.25) is 0 Å². The molecule has 0 spiro atoms. The van der Waals surface area contributed by atoms with Crippen LogP contribution in [0.25, 0.3) is 0 Å². The zero-order valence-electron chi connectivity index (χ0n) is 13.6. The zero-order valence-corrected chi connectivity index (χ0v) is 13.6. The van der Waals surface area contributed by atoms with Gasteiger partial charge in [-0.15, -0.1) is 12.3 Å². The molecule has 2 aliphatic heterocycles. The minimum absolute atomic E-state index is 0.0903. The maximum atomic E-state index is 12.2. The summed E-state index contributed by atoms with van der Waals surface area (Å²) in [6.45, 7) is 1.43. The standard InChI is InChI=1S/C18H21N5O/c1-2-3-10-18(22-23-18)11-13-20-17(24)14-6-8-15(9-7-14)21-16-5-4-12-19-16/h1,6-9H,3-5,10-13H2,(H,19,21)(H,20,24). The van der Waals surface area contributed by atoms with Gasteiger partial charge in [0.05, 0.1) is 0 Å². The van der Waals surface area contributed by atoms with E-state index in [9.17, 15) is 4.79 Å². The number of benzene rings is 1. The molecule has 0 saturated heterocycles. The molecule has 2 N–H and O–H groups in total. The number of terminal acetylenes is 1. The van der Waals surface area contributed by atoms with Gasteiger partial charge < -0.3 is 10.6 Å². The first kappa shape index (κ1) is 16.2. The Morgan fingerprint density at radius 1 is 1.25 bits per heavy atom. The summed E-state index contributed by atoms with van der Waals surface area (Å²) in [5.41, 5.74) is 1.24. The molecule has 0 atom stereocenters. The van der Waals surface area contributed by atoms with Gasteiger partial charge in [0.15, 0.2) is 5.66 Å². The minimum atomic E-state index is -0.352. The second-order valence-electron chi connectivity index (χ2n) is 6.03. The fraction of sp³-hybridized carbons (Fsp3) is 0.444. The summed E-state index contributed by atoms with van der Waals surface area (Å²) < 4.78 is 0. The number of nitrogens with zero attached hydrogens (tertiary/aromatic N) is 3. The summed E-state index contributed by atoms with van der Waals surface area (Å²) in [6, 6.07) is 7.42. The summed E-state index contributed by atoms with van der Waals surface area (Å²) in [7, 11) is 0. The van der Waals surface area contributed by atoms with Gasteiger partial charge in [0.1, 0.15) is 5.84 Å². The van der Waals surface area contributed by atoms with Crippen LogP contribution in [0.3, 0.4) is 0 Å². The lowest BCUT2D eigenvalue weighted by Crippen LogP contribution is -2.28. The highest BCUT2D eigenvalue weighted by Crippen LogP contribution is 2.36. The molecule has 0 unspecified atom stereocenters. The number of hydrogen-bond acceptors (Lipinski definition) is 5. The Morgan fingerprint density at radius 3 is 2.67 bits per heavy atom. The van der Waals surface area contributed by atoms with Crippen molar-refractivity contribution in [2.45, 2.75) is 37.8 Å². The molecule has 0 fully saturated rings. The summed E-state index contributed by atoms with van der Waals surface area (Å²) in [5, 5.41) is 14.3.